The summed E-state index contributed by atoms with van der Waals surface area (Å²) in [5.74, 6) is 1.48. The smallest absolute Gasteiger partial charge is 0.270 e. The molecule has 2 rings (SSSR count). The number of amides is 1. The molecule has 1 aliphatic rings. The number of nitrogens with zero attached hydrogens (tertiary/aromatic N) is 3. The summed E-state index contributed by atoms with van der Waals surface area (Å²) in [4.78, 5) is 23.8. The summed E-state index contributed by atoms with van der Waals surface area (Å²) in [6.45, 7) is 8.09. The minimum Gasteiger partial charge on any atom is -0.357 e. The number of carbonyl (C=O) groups is 1. The normalized spacial score (nSPS) is 15.8. The second-order valence-electron chi connectivity index (χ2n) is 6.81. The molecule has 5 heteroatoms. The Kier molecular flexibility index (Phi) is 7.47. The first kappa shape index (κ1) is 18.7. The Morgan fingerprint density at radius 3 is 2.33 bits per heavy atom. The van der Waals surface area contributed by atoms with Crippen LogP contribution in [0.15, 0.2) is 6.07 Å². The van der Waals surface area contributed by atoms with Crippen molar-refractivity contribution in [1.29, 1.82) is 0 Å². The van der Waals surface area contributed by atoms with Gasteiger partial charge in [-0.15, -0.1) is 0 Å². The maximum absolute atomic E-state index is 12.6. The minimum absolute atomic E-state index is 0.0541. The third-order valence-corrected chi connectivity index (χ3v) is 4.56. The van der Waals surface area contributed by atoms with Crippen LogP contribution in [-0.2, 0) is 0 Å². The van der Waals surface area contributed by atoms with E-state index < -0.39 is 0 Å². The Bertz CT molecular complexity index is 518. The molecule has 0 aliphatic heterocycles. The van der Waals surface area contributed by atoms with E-state index in [1.54, 1.807) is 0 Å². The molecular weight excluding hydrogens is 300 g/mol. The molecule has 24 heavy (non-hydrogen) atoms. The lowest BCUT2D eigenvalue weighted by molar-refractivity contribution is 0.0928. The van der Waals surface area contributed by atoms with Crippen molar-refractivity contribution in [2.45, 2.75) is 78.2 Å². The van der Waals surface area contributed by atoms with Gasteiger partial charge in [-0.25, -0.2) is 9.97 Å². The molecule has 0 unspecified atom stereocenters. The predicted octanol–water partition coefficient (Wildman–Crippen LogP) is 3.86. The van der Waals surface area contributed by atoms with E-state index in [4.69, 9.17) is 0 Å². The molecule has 1 saturated carbocycles. The largest absolute Gasteiger partial charge is 0.357 e. The van der Waals surface area contributed by atoms with Crippen LogP contribution in [0.5, 0.6) is 0 Å². The highest BCUT2D eigenvalue weighted by molar-refractivity contribution is 5.93. The van der Waals surface area contributed by atoms with E-state index in [2.05, 4.69) is 34.0 Å². The number of aromatic nitrogens is 2. The van der Waals surface area contributed by atoms with Crippen LogP contribution < -0.4 is 10.2 Å². The van der Waals surface area contributed by atoms with E-state index in [0.29, 0.717) is 17.6 Å². The molecule has 0 saturated heterocycles. The summed E-state index contributed by atoms with van der Waals surface area (Å²) in [6, 6.07) is 2.14. The van der Waals surface area contributed by atoms with Crippen molar-refractivity contribution >= 4 is 11.7 Å². The monoisotopic (exact) mass is 332 g/mol. The van der Waals surface area contributed by atoms with Crippen molar-refractivity contribution in [3.05, 3.63) is 17.6 Å². The number of hydrogen-bond acceptors (Lipinski definition) is 4. The standard InChI is InChI=1S/C19H32N4O/c1-4-12-23(13-5-2)18-14-17(20-15(3)21-18)19(24)22-16-10-8-6-7-9-11-16/h14,16H,4-13H2,1-3H3,(H,22,24). The second-order valence-corrected chi connectivity index (χ2v) is 6.81. The third-order valence-electron chi connectivity index (χ3n) is 4.56. The van der Waals surface area contributed by atoms with Gasteiger partial charge >= 0.3 is 0 Å². The molecule has 1 N–H and O–H groups in total. The number of nitrogens with one attached hydrogen (secondary N) is 1. The molecule has 1 aromatic heterocycles. The van der Waals surface area contributed by atoms with E-state index in [9.17, 15) is 4.79 Å². The molecule has 134 valence electrons. The molecular formula is C19H32N4O. The number of anilines is 1. The highest BCUT2D eigenvalue weighted by Gasteiger charge is 2.18. The highest BCUT2D eigenvalue weighted by Crippen LogP contribution is 2.18. The first-order valence-electron chi connectivity index (χ1n) is 9.55. The summed E-state index contributed by atoms with van der Waals surface area (Å²) in [7, 11) is 0. The zero-order valence-electron chi connectivity index (χ0n) is 15.5. The molecule has 1 heterocycles. The van der Waals surface area contributed by atoms with Crippen LogP contribution >= 0.6 is 0 Å². The lowest BCUT2D eigenvalue weighted by Crippen LogP contribution is -2.35. The van der Waals surface area contributed by atoms with Crippen molar-refractivity contribution in [3.8, 4) is 0 Å². The van der Waals surface area contributed by atoms with Crippen LogP contribution in [0.2, 0.25) is 0 Å². The Labute approximate surface area is 146 Å². The van der Waals surface area contributed by atoms with Crippen LogP contribution in [0.4, 0.5) is 5.82 Å². The summed E-state index contributed by atoms with van der Waals surface area (Å²) >= 11 is 0. The summed E-state index contributed by atoms with van der Waals surface area (Å²) in [6.07, 6.45) is 9.28. The summed E-state index contributed by atoms with van der Waals surface area (Å²) in [5.41, 5.74) is 0.499. The van der Waals surface area contributed by atoms with E-state index in [0.717, 1.165) is 44.6 Å². The van der Waals surface area contributed by atoms with Crippen molar-refractivity contribution in [2.24, 2.45) is 0 Å². The van der Waals surface area contributed by atoms with Gasteiger partial charge in [0.15, 0.2) is 0 Å². The van der Waals surface area contributed by atoms with E-state index in [1.165, 1.54) is 25.7 Å². The van der Waals surface area contributed by atoms with Crippen molar-refractivity contribution < 1.29 is 4.79 Å². The van der Waals surface area contributed by atoms with Gasteiger partial charge in [-0.2, -0.15) is 0 Å². The van der Waals surface area contributed by atoms with E-state index >= 15 is 0 Å². The molecule has 1 aromatic rings. The lowest BCUT2D eigenvalue weighted by atomic mass is 10.1. The molecule has 0 atom stereocenters. The topological polar surface area (TPSA) is 58.1 Å². The summed E-state index contributed by atoms with van der Waals surface area (Å²) in [5, 5.41) is 3.18. The van der Waals surface area contributed by atoms with Gasteiger partial charge in [0.25, 0.3) is 5.91 Å². The van der Waals surface area contributed by atoms with Crippen LogP contribution in [0.1, 0.15) is 81.5 Å². The zero-order chi connectivity index (χ0) is 17.4. The Morgan fingerprint density at radius 2 is 1.75 bits per heavy atom. The average Bonchev–Trinajstić information content (AvgIpc) is 2.82. The van der Waals surface area contributed by atoms with Crippen LogP contribution in [0, 0.1) is 6.92 Å². The summed E-state index contributed by atoms with van der Waals surface area (Å²) < 4.78 is 0. The van der Waals surface area contributed by atoms with Gasteiger partial charge < -0.3 is 10.2 Å². The van der Waals surface area contributed by atoms with Gasteiger partial charge in [-0.3, -0.25) is 4.79 Å². The fraction of sp³-hybridized carbons (Fsp3) is 0.737. The van der Waals surface area contributed by atoms with Crippen LogP contribution in [0.3, 0.4) is 0 Å². The van der Waals surface area contributed by atoms with Crippen molar-refractivity contribution in [3.63, 3.8) is 0 Å². The SMILES string of the molecule is CCCN(CCC)c1cc(C(=O)NC2CCCCCC2)nc(C)n1. The second kappa shape index (κ2) is 9.60. The zero-order valence-corrected chi connectivity index (χ0v) is 15.5. The Morgan fingerprint density at radius 1 is 1.12 bits per heavy atom. The van der Waals surface area contributed by atoms with Gasteiger partial charge in [-0.1, -0.05) is 39.5 Å². The first-order chi connectivity index (χ1) is 11.6. The quantitative estimate of drug-likeness (QED) is 0.770. The average molecular weight is 332 g/mol. The van der Waals surface area contributed by atoms with E-state index in [-0.39, 0.29) is 5.91 Å². The first-order valence-corrected chi connectivity index (χ1v) is 9.55. The number of aryl methyl sites for hydroxylation is 1. The van der Waals surface area contributed by atoms with Crippen LogP contribution in [-0.4, -0.2) is 35.0 Å². The molecule has 0 radical (unpaired) electrons. The highest BCUT2D eigenvalue weighted by atomic mass is 16.1. The third kappa shape index (κ3) is 5.46. The van der Waals surface area contributed by atoms with Gasteiger partial charge in [0.1, 0.15) is 17.3 Å². The van der Waals surface area contributed by atoms with Gasteiger partial charge in [0.2, 0.25) is 0 Å². The van der Waals surface area contributed by atoms with E-state index in [1.807, 2.05) is 13.0 Å². The number of carbonyl (C=O) groups excluding carboxylic acids is 1. The molecule has 5 nitrogen and oxygen atoms in total. The predicted molar refractivity (Wildman–Crippen MR) is 98.5 cm³/mol. The molecule has 1 amide bonds. The maximum Gasteiger partial charge on any atom is 0.270 e. The molecule has 0 aromatic carbocycles. The Hall–Kier alpha value is -1.65. The Balaban J connectivity index is 2.12. The van der Waals surface area contributed by atoms with Gasteiger partial charge in [0.05, 0.1) is 0 Å². The van der Waals surface area contributed by atoms with Gasteiger partial charge in [0, 0.05) is 25.2 Å². The van der Waals surface area contributed by atoms with Gasteiger partial charge in [-0.05, 0) is 32.6 Å². The minimum atomic E-state index is -0.0541. The molecule has 1 fully saturated rings. The van der Waals surface area contributed by atoms with Crippen LogP contribution in [0.25, 0.3) is 0 Å². The maximum atomic E-state index is 12.6. The number of hydrogen-bond donors (Lipinski definition) is 1. The lowest BCUT2D eigenvalue weighted by Gasteiger charge is -2.23. The van der Waals surface area contributed by atoms with Crippen molar-refractivity contribution in [1.82, 2.24) is 15.3 Å². The molecule has 1 aliphatic carbocycles. The molecule has 0 spiro atoms. The van der Waals surface area contributed by atoms with Crippen molar-refractivity contribution in [2.75, 3.05) is 18.0 Å². The molecule has 0 bridgehead atoms. The fourth-order valence-corrected chi connectivity index (χ4v) is 3.39. The number of rotatable bonds is 7. The fourth-order valence-electron chi connectivity index (χ4n) is 3.39.